The summed E-state index contributed by atoms with van der Waals surface area (Å²) in [5.41, 5.74) is 0. The van der Waals surface area contributed by atoms with Crippen LogP contribution in [-0.4, -0.2) is 9.68 Å². The molecule has 1 aliphatic rings. The van der Waals surface area contributed by atoms with E-state index in [9.17, 15) is 0 Å². The third-order valence-corrected chi connectivity index (χ3v) is 6.07. The Morgan fingerprint density at radius 1 is 1.86 bits per heavy atom. The van der Waals surface area contributed by atoms with Crippen LogP contribution in [0.1, 0.15) is 0 Å². The highest BCUT2D eigenvalue weighted by molar-refractivity contribution is 14.1. The van der Waals surface area contributed by atoms with Crippen molar-refractivity contribution in [3.05, 3.63) is 8.99 Å². The maximum atomic E-state index is 2.46. The van der Waals surface area contributed by atoms with Crippen molar-refractivity contribution in [2.24, 2.45) is 0 Å². The van der Waals surface area contributed by atoms with E-state index < -0.39 is 0 Å². The minimum atomic E-state index is 0.795. The van der Waals surface area contributed by atoms with Crippen LogP contribution in [0.2, 0.25) is 0 Å². The average molecular weight is 338 g/mol. The van der Waals surface area contributed by atoms with E-state index in [2.05, 4.69) is 50.6 Å². The number of allylic oxidation sites excluding steroid dienone is 1. The zero-order valence-electron chi connectivity index (χ0n) is 3.53. The Bertz CT molecular complexity index is 99.9. The summed E-state index contributed by atoms with van der Waals surface area (Å²) in [6, 6.07) is 0. The van der Waals surface area contributed by atoms with Crippen LogP contribution in [-0.2, 0) is 0 Å². The molecule has 0 nitrogen and oxygen atoms in total. The second-order valence-corrected chi connectivity index (χ2v) is 4.96. The predicted octanol–water partition coefficient (Wildman–Crippen LogP) is 2.81. The molecule has 1 heterocycles. The van der Waals surface area contributed by atoms with Crippen LogP contribution < -0.4 is 0 Å². The number of hydrogen-bond donors (Lipinski definition) is 0. The largest absolute Gasteiger partial charge is 0.132 e. The van der Waals surface area contributed by atoms with Gasteiger partial charge in [-0.25, -0.2) is 0 Å². The number of thioether (sulfide) groups is 1. The highest BCUT2D eigenvalue weighted by Crippen LogP contribution is 2.32. The first-order valence-corrected chi connectivity index (χ1v) is 5.29. The van der Waals surface area contributed by atoms with Crippen LogP contribution >= 0.6 is 56.9 Å². The van der Waals surface area contributed by atoms with Gasteiger partial charge in [-0.15, -0.1) is 11.8 Å². The van der Waals surface area contributed by atoms with Crippen LogP contribution in [0.5, 0.6) is 0 Å². The molecule has 3 heteroatoms. The van der Waals surface area contributed by atoms with Crippen molar-refractivity contribution in [1.29, 1.82) is 0 Å². The summed E-state index contributed by atoms with van der Waals surface area (Å²) in [5, 5.41) is 2.23. The molecule has 0 saturated heterocycles. The maximum absolute atomic E-state index is 2.46. The van der Waals surface area contributed by atoms with Crippen molar-refractivity contribution in [2.75, 3.05) is 5.75 Å². The summed E-state index contributed by atoms with van der Waals surface area (Å²) >= 11 is 6.77. The molecule has 0 fully saturated rings. The molecule has 0 aliphatic carbocycles. The number of halogens is 2. The van der Waals surface area contributed by atoms with Crippen molar-refractivity contribution in [3.8, 4) is 0 Å². The van der Waals surface area contributed by atoms with Gasteiger partial charge in [0.15, 0.2) is 0 Å². The minimum absolute atomic E-state index is 0.795. The van der Waals surface area contributed by atoms with E-state index >= 15 is 0 Å². The smallest absolute Gasteiger partial charge is 0.0516 e. The van der Waals surface area contributed by atoms with Crippen LogP contribution in [0, 0.1) is 0 Å². The van der Waals surface area contributed by atoms with Crippen LogP contribution in [0.25, 0.3) is 0 Å². The van der Waals surface area contributed by atoms with Gasteiger partial charge in [0.1, 0.15) is 0 Å². The fourth-order valence-electron chi connectivity index (χ4n) is 0.366. The fraction of sp³-hybridized carbons (Fsp3) is 0.500. The van der Waals surface area contributed by atoms with E-state index in [1.807, 2.05) is 11.8 Å². The predicted molar refractivity (Wildman–Crippen MR) is 52.4 cm³/mol. The molecule has 0 radical (unpaired) electrons. The minimum Gasteiger partial charge on any atom is -0.132 e. The van der Waals surface area contributed by atoms with Gasteiger partial charge >= 0.3 is 0 Å². The molecule has 0 spiro atoms. The Kier molecular flexibility index (Phi) is 2.77. The highest BCUT2D eigenvalue weighted by Gasteiger charge is 2.12. The first kappa shape index (κ1) is 6.67. The topological polar surface area (TPSA) is 0 Å². The lowest BCUT2D eigenvalue weighted by Gasteiger charge is -1.93. The maximum Gasteiger partial charge on any atom is 0.0516 e. The molecule has 0 aromatic carbocycles. The Labute approximate surface area is 74.8 Å². The highest BCUT2D eigenvalue weighted by atomic mass is 127. The van der Waals surface area contributed by atoms with Gasteiger partial charge in [-0.1, -0.05) is 22.6 Å². The van der Waals surface area contributed by atoms with Gasteiger partial charge in [-0.2, -0.15) is 0 Å². The van der Waals surface area contributed by atoms with Crippen LogP contribution in [0.3, 0.4) is 0 Å². The molecular weight excluding hydrogens is 334 g/mol. The number of hydrogen-bond acceptors (Lipinski definition) is 1. The molecular formula is C4H4I2S. The standard InChI is InChI=1S/C4H4I2S/c5-3-1-7-2-4(3)6/h1,4H,2H2. The molecule has 1 aliphatic heterocycles. The zero-order chi connectivity index (χ0) is 5.28. The Balaban J connectivity index is 2.54. The van der Waals surface area contributed by atoms with Crippen molar-refractivity contribution in [3.63, 3.8) is 0 Å². The van der Waals surface area contributed by atoms with Crippen LogP contribution in [0.4, 0.5) is 0 Å². The van der Waals surface area contributed by atoms with Gasteiger partial charge in [-0.3, -0.25) is 0 Å². The van der Waals surface area contributed by atoms with Crippen molar-refractivity contribution < 1.29 is 0 Å². The van der Waals surface area contributed by atoms with Crippen molar-refractivity contribution in [2.45, 2.75) is 3.92 Å². The van der Waals surface area contributed by atoms with E-state index in [4.69, 9.17) is 0 Å². The lowest BCUT2D eigenvalue weighted by Crippen LogP contribution is -1.91. The molecule has 7 heavy (non-hydrogen) atoms. The molecule has 0 saturated carbocycles. The van der Waals surface area contributed by atoms with Gasteiger partial charge in [0.05, 0.1) is 3.92 Å². The number of alkyl halides is 1. The van der Waals surface area contributed by atoms with E-state index in [-0.39, 0.29) is 0 Å². The summed E-state index contributed by atoms with van der Waals surface area (Å²) in [6.45, 7) is 0. The van der Waals surface area contributed by atoms with Gasteiger partial charge in [-0.05, 0) is 28.0 Å². The molecule has 1 unspecified atom stereocenters. The quantitative estimate of drug-likeness (QED) is 0.484. The third kappa shape index (κ3) is 1.74. The fourth-order valence-corrected chi connectivity index (χ4v) is 3.24. The van der Waals surface area contributed by atoms with Gasteiger partial charge in [0, 0.05) is 9.33 Å². The van der Waals surface area contributed by atoms with Gasteiger partial charge in [0.2, 0.25) is 0 Å². The summed E-state index contributed by atoms with van der Waals surface area (Å²) in [5.74, 6) is 1.28. The second-order valence-electron chi connectivity index (χ2n) is 1.30. The molecule has 0 aromatic rings. The van der Waals surface area contributed by atoms with Crippen molar-refractivity contribution in [1.82, 2.24) is 0 Å². The monoisotopic (exact) mass is 338 g/mol. The first-order chi connectivity index (χ1) is 3.30. The zero-order valence-corrected chi connectivity index (χ0v) is 8.66. The Hall–Kier alpha value is 1.55. The Morgan fingerprint density at radius 2 is 2.57 bits per heavy atom. The number of rotatable bonds is 0. The van der Waals surface area contributed by atoms with E-state index in [0.29, 0.717) is 0 Å². The third-order valence-electron chi connectivity index (χ3n) is 0.738. The molecule has 1 rings (SSSR count). The SMILES string of the molecule is IC1=CSCC1I. The van der Waals surface area contributed by atoms with E-state index in [1.54, 1.807) is 0 Å². The second kappa shape index (κ2) is 2.91. The van der Waals surface area contributed by atoms with E-state index in [0.717, 1.165) is 3.92 Å². The lowest BCUT2D eigenvalue weighted by molar-refractivity contribution is 1.35. The average Bonchev–Trinajstić information content (AvgIpc) is 1.91. The van der Waals surface area contributed by atoms with E-state index in [1.165, 1.54) is 9.33 Å². The molecule has 40 valence electrons. The van der Waals surface area contributed by atoms with Crippen molar-refractivity contribution >= 4 is 56.9 Å². The summed E-state index contributed by atoms with van der Waals surface area (Å²) in [7, 11) is 0. The van der Waals surface area contributed by atoms with Crippen LogP contribution in [0.15, 0.2) is 8.99 Å². The Morgan fingerprint density at radius 3 is 2.71 bits per heavy atom. The molecule has 0 N–H and O–H groups in total. The first-order valence-electron chi connectivity index (χ1n) is 1.92. The molecule has 1 atom stereocenters. The summed E-state index contributed by atoms with van der Waals surface area (Å²) < 4.78 is 2.30. The van der Waals surface area contributed by atoms with Gasteiger partial charge in [0.25, 0.3) is 0 Å². The lowest BCUT2D eigenvalue weighted by atomic mass is 10.5. The molecule has 0 bridgehead atoms. The molecule has 0 aromatic heterocycles. The van der Waals surface area contributed by atoms with Gasteiger partial charge < -0.3 is 0 Å². The summed E-state index contributed by atoms with van der Waals surface area (Å²) in [4.78, 5) is 0. The summed E-state index contributed by atoms with van der Waals surface area (Å²) in [6.07, 6.45) is 0. The normalized spacial score (nSPS) is 30.6. The molecule has 0 amide bonds.